The molecule has 1 N–H and O–H groups in total. The maximum atomic E-state index is 3.44. The fourth-order valence-electron chi connectivity index (χ4n) is 2.74. The van der Waals surface area contributed by atoms with Crippen molar-refractivity contribution in [3.63, 3.8) is 0 Å². The monoisotopic (exact) mass is 183 g/mol. The normalized spacial score (nSPS) is 37.4. The van der Waals surface area contributed by atoms with Gasteiger partial charge in [0.05, 0.1) is 0 Å². The van der Waals surface area contributed by atoms with Crippen LogP contribution in [-0.2, 0) is 0 Å². The summed E-state index contributed by atoms with van der Waals surface area (Å²) in [4.78, 5) is 0. The lowest BCUT2D eigenvalue weighted by molar-refractivity contribution is 0.106. The number of hydrogen-bond donors (Lipinski definition) is 1. The zero-order valence-electron chi connectivity index (χ0n) is 9.69. The van der Waals surface area contributed by atoms with E-state index in [1.807, 2.05) is 0 Å². The fourth-order valence-corrected chi connectivity index (χ4v) is 2.74. The van der Waals surface area contributed by atoms with Gasteiger partial charge < -0.3 is 5.32 Å². The molecule has 0 amide bonds. The summed E-state index contributed by atoms with van der Waals surface area (Å²) in [6.07, 6.45) is 7.04. The van der Waals surface area contributed by atoms with Crippen LogP contribution in [0.25, 0.3) is 0 Å². The highest BCUT2D eigenvalue weighted by Gasteiger charge is 2.36. The van der Waals surface area contributed by atoms with Crippen molar-refractivity contribution in [1.82, 2.24) is 5.32 Å². The van der Waals surface area contributed by atoms with Crippen LogP contribution in [0, 0.1) is 11.3 Å². The predicted molar refractivity (Wildman–Crippen MR) is 58.9 cm³/mol. The van der Waals surface area contributed by atoms with Crippen molar-refractivity contribution >= 4 is 0 Å². The Balaban J connectivity index is 2.60. The lowest BCUT2D eigenvalue weighted by Gasteiger charge is -2.43. The molecular formula is C12H25N. The second kappa shape index (κ2) is 4.45. The molecule has 1 heteroatoms. The summed E-state index contributed by atoms with van der Waals surface area (Å²) >= 11 is 0. The molecule has 1 rings (SSSR count). The van der Waals surface area contributed by atoms with E-state index in [0.717, 1.165) is 5.92 Å². The molecule has 1 fully saturated rings. The van der Waals surface area contributed by atoms with Crippen LogP contribution in [0.3, 0.4) is 0 Å². The molecule has 13 heavy (non-hydrogen) atoms. The van der Waals surface area contributed by atoms with Crippen LogP contribution in [-0.4, -0.2) is 13.1 Å². The Morgan fingerprint density at radius 3 is 2.31 bits per heavy atom. The first-order chi connectivity index (χ1) is 6.14. The molecule has 78 valence electrons. The van der Waals surface area contributed by atoms with Gasteiger partial charge in [-0.1, -0.05) is 26.7 Å². The zero-order valence-corrected chi connectivity index (χ0v) is 9.69. The Hall–Kier alpha value is -0.0400. The average Bonchev–Trinajstić information content (AvgIpc) is 2.18. The van der Waals surface area contributed by atoms with Crippen molar-refractivity contribution in [2.75, 3.05) is 7.05 Å². The van der Waals surface area contributed by atoms with E-state index in [4.69, 9.17) is 0 Å². The van der Waals surface area contributed by atoms with Crippen molar-refractivity contribution < 1.29 is 0 Å². The zero-order chi connectivity index (χ0) is 9.90. The van der Waals surface area contributed by atoms with E-state index in [9.17, 15) is 0 Å². The minimum Gasteiger partial charge on any atom is -0.317 e. The molecule has 0 radical (unpaired) electrons. The van der Waals surface area contributed by atoms with Gasteiger partial charge in [-0.15, -0.1) is 0 Å². The number of hydrogen-bond acceptors (Lipinski definition) is 1. The molecule has 0 spiro atoms. The second-order valence-electron chi connectivity index (χ2n) is 4.91. The van der Waals surface area contributed by atoms with Gasteiger partial charge in [-0.25, -0.2) is 0 Å². The minimum absolute atomic E-state index is 0.598. The summed E-state index contributed by atoms with van der Waals surface area (Å²) in [7, 11) is 2.10. The van der Waals surface area contributed by atoms with Crippen LogP contribution < -0.4 is 5.32 Å². The van der Waals surface area contributed by atoms with Crippen LogP contribution in [0.2, 0.25) is 0 Å². The van der Waals surface area contributed by atoms with Crippen molar-refractivity contribution in [3.8, 4) is 0 Å². The summed E-state index contributed by atoms with van der Waals surface area (Å²) in [6, 6.07) is 0.685. The molecular weight excluding hydrogens is 158 g/mol. The maximum Gasteiger partial charge on any atom is 0.00920 e. The van der Waals surface area contributed by atoms with Crippen LogP contribution in [0.5, 0.6) is 0 Å². The fraction of sp³-hybridized carbons (Fsp3) is 1.00. The van der Waals surface area contributed by atoms with Gasteiger partial charge in [0, 0.05) is 6.04 Å². The summed E-state index contributed by atoms with van der Waals surface area (Å²) in [5, 5.41) is 3.44. The van der Waals surface area contributed by atoms with Gasteiger partial charge >= 0.3 is 0 Å². The Kier molecular flexibility index (Phi) is 3.78. The van der Waals surface area contributed by atoms with E-state index in [1.165, 1.54) is 32.1 Å². The van der Waals surface area contributed by atoms with Gasteiger partial charge in [0.15, 0.2) is 0 Å². The van der Waals surface area contributed by atoms with Gasteiger partial charge in [-0.3, -0.25) is 0 Å². The van der Waals surface area contributed by atoms with Crippen LogP contribution in [0.4, 0.5) is 0 Å². The molecule has 1 saturated carbocycles. The SMILES string of the molecule is CCC1(C(C)NC)CCC(C)CC1. The first-order valence-electron chi connectivity index (χ1n) is 5.82. The molecule has 1 aliphatic carbocycles. The lowest BCUT2D eigenvalue weighted by Crippen LogP contribution is -2.43. The first-order valence-corrected chi connectivity index (χ1v) is 5.82. The molecule has 1 nitrogen and oxygen atoms in total. The van der Waals surface area contributed by atoms with E-state index < -0.39 is 0 Å². The van der Waals surface area contributed by atoms with E-state index >= 15 is 0 Å². The van der Waals surface area contributed by atoms with Crippen LogP contribution >= 0.6 is 0 Å². The Morgan fingerprint density at radius 1 is 1.38 bits per heavy atom. The Labute approximate surface area is 83.3 Å². The third kappa shape index (κ3) is 2.25. The Bertz CT molecular complexity index is 145. The van der Waals surface area contributed by atoms with Gasteiger partial charge in [0.25, 0.3) is 0 Å². The van der Waals surface area contributed by atoms with E-state index in [1.54, 1.807) is 0 Å². The van der Waals surface area contributed by atoms with Crippen molar-refractivity contribution in [2.24, 2.45) is 11.3 Å². The summed E-state index contributed by atoms with van der Waals surface area (Å²) in [5.41, 5.74) is 0.598. The van der Waals surface area contributed by atoms with Gasteiger partial charge in [-0.2, -0.15) is 0 Å². The average molecular weight is 183 g/mol. The smallest absolute Gasteiger partial charge is 0.00920 e. The van der Waals surface area contributed by atoms with Gasteiger partial charge in [0.2, 0.25) is 0 Å². The van der Waals surface area contributed by atoms with E-state index in [2.05, 4.69) is 33.1 Å². The highest BCUT2D eigenvalue weighted by Crippen LogP contribution is 2.43. The van der Waals surface area contributed by atoms with Gasteiger partial charge in [0.1, 0.15) is 0 Å². The van der Waals surface area contributed by atoms with Crippen LogP contribution in [0.15, 0.2) is 0 Å². The molecule has 1 atom stereocenters. The van der Waals surface area contributed by atoms with Crippen molar-refractivity contribution in [2.45, 2.75) is 58.9 Å². The predicted octanol–water partition coefficient (Wildman–Crippen LogP) is 3.20. The quantitative estimate of drug-likeness (QED) is 0.708. The second-order valence-corrected chi connectivity index (χ2v) is 4.91. The molecule has 1 aliphatic rings. The first kappa shape index (κ1) is 11.0. The van der Waals surface area contributed by atoms with Crippen LogP contribution in [0.1, 0.15) is 52.9 Å². The minimum atomic E-state index is 0.598. The largest absolute Gasteiger partial charge is 0.317 e. The molecule has 0 saturated heterocycles. The molecule has 0 bridgehead atoms. The van der Waals surface area contributed by atoms with Gasteiger partial charge in [-0.05, 0) is 44.6 Å². The maximum absolute atomic E-state index is 3.44. The lowest BCUT2D eigenvalue weighted by atomic mass is 9.65. The molecule has 0 aromatic rings. The molecule has 0 aromatic carbocycles. The van der Waals surface area contributed by atoms with E-state index in [-0.39, 0.29) is 0 Å². The standard InChI is InChI=1S/C12H25N/c1-5-12(11(3)13-4)8-6-10(2)7-9-12/h10-11,13H,5-9H2,1-4H3. The summed E-state index contributed by atoms with van der Waals surface area (Å²) in [5.74, 6) is 0.962. The number of nitrogens with one attached hydrogen (secondary N) is 1. The highest BCUT2D eigenvalue weighted by atomic mass is 14.9. The molecule has 0 aromatic heterocycles. The van der Waals surface area contributed by atoms with Crippen molar-refractivity contribution in [3.05, 3.63) is 0 Å². The third-order valence-electron chi connectivity index (χ3n) is 4.33. The summed E-state index contributed by atoms with van der Waals surface area (Å²) < 4.78 is 0. The third-order valence-corrected chi connectivity index (χ3v) is 4.33. The highest BCUT2D eigenvalue weighted by molar-refractivity contribution is 4.90. The molecule has 1 unspecified atom stereocenters. The van der Waals surface area contributed by atoms with Crippen molar-refractivity contribution in [1.29, 1.82) is 0 Å². The number of rotatable bonds is 3. The van der Waals surface area contributed by atoms with E-state index in [0.29, 0.717) is 11.5 Å². The molecule has 0 aliphatic heterocycles. The summed E-state index contributed by atoms with van der Waals surface area (Å²) in [6.45, 7) is 7.09. The Morgan fingerprint density at radius 2 is 1.92 bits per heavy atom. The molecule has 0 heterocycles. The topological polar surface area (TPSA) is 12.0 Å².